The summed E-state index contributed by atoms with van der Waals surface area (Å²) in [4.78, 5) is 8.47. The fourth-order valence-corrected chi connectivity index (χ4v) is 1.25. The van der Waals surface area contributed by atoms with Gasteiger partial charge in [-0.1, -0.05) is 18.6 Å². The van der Waals surface area contributed by atoms with E-state index >= 15 is 0 Å². The van der Waals surface area contributed by atoms with Crippen molar-refractivity contribution < 1.29 is 0 Å². The first-order valence-electron chi connectivity index (χ1n) is 4.89. The van der Waals surface area contributed by atoms with E-state index in [1.165, 1.54) is 5.57 Å². The Bertz CT molecular complexity index is 289. The summed E-state index contributed by atoms with van der Waals surface area (Å²) in [6.45, 7) is 7.14. The molecule has 0 aliphatic carbocycles. The average molecular weight is 191 g/mol. The van der Waals surface area contributed by atoms with Crippen LogP contribution < -0.4 is 5.32 Å². The summed E-state index contributed by atoms with van der Waals surface area (Å²) < 4.78 is 0. The molecule has 1 heterocycles. The summed E-state index contributed by atoms with van der Waals surface area (Å²) >= 11 is 0. The Balaban J connectivity index is 2.83. The zero-order valence-electron chi connectivity index (χ0n) is 8.99. The molecule has 0 aliphatic heterocycles. The van der Waals surface area contributed by atoms with Crippen LogP contribution in [0.5, 0.6) is 0 Å². The number of hydrogen-bond acceptors (Lipinski definition) is 3. The van der Waals surface area contributed by atoms with Gasteiger partial charge in [-0.2, -0.15) is 0 Å². The SMILES string of the molecule is CCNC(C=C(C)C)c1ncccn1. The summed E-state index contributed by atoms with van der Waals surface area (Å²) in [5, 5.41) is 3.33. The third-order valence-corrected chi connectivity index (χ3v) is 1.79. The maximum absolute atomic E-state index is 4.23. The highest BCUT2D eigenvalue weighted by Gasteiger charge is 2.08. The second-order valence-corrected chi connectivity index (χ2v) is 3.39. The molecule has 76 valence electrons. The highest BCUT2D eigenvalue weighted by atomic mass is 15.0. The standard InChI is InChI=1S/C11H17N3/c1-4-12-10(8-9(2)3)11-13-6-5-7-14-11/h5-8,10,12H,4H2,1-3H3. The molecule has 3 heteroatoms. The summed E-state index contributed by atoms with van der Waals surface area (Å²) in [7, 11) is 0. The summed E-state index contributed by atoms with van der Waals surface area (Å²) in [5.74, 6) is 0.829. The van der Waals surface area contributed by atoms with Gasteiger partial charge in [0.1, 0.15) is 5.82 Å². The van der Waals surface area contributed by atoms with Gasteiger partial charge in [-0.25, -0.2) is 9.97 Å². The van der Waals surface area contributed by atoms with Gasteiger partial charge < -0.3 is 5.32 Å². The largest absolute Gasteiger partial charge is 0.304 e. The van der Waals surface area contributed by atoms with Crippen molar-refractivity contribution in [1.29, 1.82) is 0 Å². The van der Waals surface area contributed by atoms with Crippen LogP contribution in [0.15, 0.2) is 30.1 Å². The van der Waals surface area contributed by atoms with Crippen molar-refractivity contribution in [1.82, 2.24) is 15.3 Å². The molecule has 1 unspecified atom stereocenters. The molecule has 3 nitrogen and oxygen atoms in total. The van der Waals surface area contributed by atoms with Crippen molar-refractivity contribution in [2.24, 2.45) is 0 Å². The van der Waals surface area contributed by atoms with E-state index in [0.717, 1.165) is 12.4 Å². The maximum Gasteiger partial charge on any atom is 0.149 e. The van der Waals surface area contributed by atoms with Crippen LogP contribution in [0.1, 0.15) is 32.6 Å². The molecule has 0 amide bonds. The molecule has 0 saturated heterocycles. The van der Waals surface area contributed by atoms with Gasteiger partial charge >= 0.3 is 0 Å². The molecule has 0 aliphatic rings. The number of allylic oxidation sites excluding steroid dienone is 1. The fourth-order valence-electron chi connectivity index (χ4n) is 1.25. The maximum atomic E-state index is 4.23. The number of likely N-dealkylation sites (N-methyl/N-ethyl adjacent to an activating group) is 1. The first-order valence-corrected chi connectivity index (χ1v) is 4.89. The molecule has 1 rings (SSSR count). The number of rotatable bonds is 4. The number of hydrogen-bond donors (Lipinski definition) is 1. The number of nitrogens with one attached hydrogen (secondary N) is 1. The minimum atomic E-state index is 0.131. The van der Waals surface area contributed by atoms with Gasteiger partial charge in [0.15, 0.2) is 0 Å². The van der Waals surface area contributed by atoms with E-state index in [0.29, 0.717) is 0 Å². The Labute approximate surface area is 85.3 Å². The first-order chi connectivity index (χ1) is 6.74. The van der Waals surface area contributed by atoms with Crippen molar-refractivity contribution in [3.8, 4) is 0 Å². The lowest BCUT2D eigenvalue weighted by atomic mass is 10.2. The molecule has 1 N–H and O–H groups in total. The van der Waals surface area contributed by atoms with Crippen LogP contribution in [0, 0.1) is 0 Å². The normalized spacial score (nSPS) is 12.2. The van der Waals surface area contributed by atoms with Crippen LogP contribution in [0.3, 0.4) is 0 Å². The van der Waals surface area contributed by atoms with Gasteiger partial charge in [-0.3, -0.25) is 0 Å². The third kappa shape index (κ3) is 3.26. The van der Waals surface area contributed by atoms with Gasteiger partial charge in [-0.15, -0.1) is 0 Å². The van der Waals surface area contributed by atoms with E-state index in [-0.39, 0.29) is 6.04 Å². The van der Waals surface area contributed by atoms with Gasteiger partial charge in [0, 0.05) is 12.4 Å². The van der Waals surface area contributed by atoms with Crippen LogP contribution in [-0.4, -0.2) is 16.5 Å². The molecule has 1 atom stereocenters. The quantitative estimate of drug-likeness (QED) is 0.740. The second-order valence-electron chi connectivity index (χ2n) is 3.39. The fraction of sp³-hybridized carbons (Fsp3) is 0.455. The number of nitrogens with zero attached hydrogens (tertiary/aromatic N) is 2. The zero-order chi connectivity index (χ0) is 10.4. The van der Waals surface area contributed by atoms with Crippen LogP contribution in [0.2, 0.25) is 0 Å². The van der Waals surface area contributed by atoms with E-state index in [1.54, 1.807) is 12.4 Å². The molecule has 0 fully saturated rings. The summed E-state index contributed by atoms with van der Waals surface area (Å²) in [6, 6.07) is 1.96. The monoisotopic (exact) mass is 191 g/mol. The molecule has 0 spiro atoms. The topological polar surface area (TPSA) is 37.8 Å². The molecule has 14 heavy (non-hydrogen) atoms. The summed E-state index contributed by atoms with van der Waals surface area (Å²) in [5.41, 5.74) is 1.27. The van der Waals surface area contributed by atoms with Crippen molar-refractivity contribution in [3.63, 3.8) is 0 Å². The molecular weight excluding hydrogens is 174 g/mol. The minimum absolute atomic E-state index is 0.131. The second kappa shape index (κ2) is 5.50. The third-order valence-electron chi connectivity index (χ3n) is 1.79. The smallest absolute Gasteiger partial charge is 0.149 e. The van der Waals surface area contributed by atoms with Crippen LogP contribution in [0.25, 0.3) is 0 Å². The number of aromatic nitrogens is 2. The first kappa shape index (κ1) is 10.9. The molecule has 0 bridgehead atoms. The van der Waals surface area contributed by atoms with E-state index in [1.807, 2.05) is 6.07 Å². The lowest BCUT2D eigenvalue weighted by Gasteiger charge is -2.12. The van der Waals surface area contributed by atoms with Crippen LogP contribution in [0.4, 0.5) is 0 Å². The Kier molecular flexibility index (Phi) is 4.26. The highest BCUT2D eigenvalue weighted by Crippen LogP contribution is 2.10. The van der Waals surface area contributed by atoms with Gasteiger partial charge in [0.25, 0.3) is 0 Å². The lowest BCUT2D eigenvalue weighted by Crippen LogP contribution is -2.21. The van der Waals surface area contributed by atoms with Crippen molar-refractivity contribution >= 4 is 0 Å². The highest BCUT2D eigenvalue weighted by molar-refractivity contribution is 5.09. The molecule has 0 saturated carbocycles. The zero-order valence-corrected chi connectivity index (χ0v) is 8.99. The molecule has 1 aromatic heterocycles. The average Bonchev–Trinajstić information content (AvgIpc) is 2.18. The van der Waals surface area contributed by atoms with E-state index in [4.69, 9.17) is 0 Å². The van der Waals surface area contributed by atoms with Crippen LogP contribution in [-0.2, 0) is 0 Å². The predicted octanol–water partition coefficient (Wildman–Crippen LogP) is 2.09. The molecule has 1 aromatic rings. The van der Waals surface area contributed by atoms with Gasteiger partial charge in [0.2, 0.25) is 0 Å². The van der Waals surface area contributed by atoms with Gasteiger partial charge in [-0.05, 0) is 26.5 Å². The summed E-state index contributed by atoms with van der Waals surface area (Å²) in [6.07, 6.45) is 5.68. The van der Waals surface area contributed by atoms with Crippen molar-refractivity contribution in [3.05, 3.63) is 35.9 Å². The Morgan fingerprint density at radius 3 is 2.57 bits per heavy atom. The molecular formula is C11H17N3. The molecule has 0 radical (unpaired) electrons. The van der Waals surface area contributed by atoms with Crippen LogP contribution >= 0.6 is 0 Å². The van der Waals surface area contributed by atoms with E-state index in [2.05, 4.69) is 42.1 Å². The van der Waals surface area contributed by atoms with E-state index < -0.39 is 0 Å². The Morgan fingerprint density at radius 1 is 1.43 bits per heavy atom. The Morgan fingerprint density at radius 2 is 2.07 bits per heavy atom. The lowest BCUT2D eigenvalue weighted by molar-refractivity contribution is 0.610. The van der Waals surface area contributed by atoms with Crippen molar-refractivity contribution in [2.75, 3.05) is 6.54 Å². The predicted molar refractivity (Wildman–Crippen MR) is 57.9 cm³/mol. The van der Waals surface area contributed by atoms with E-state index in [9.17, 15) is 0 Å². The molecule has 0 aromatic carbocycles. The van der Waals surface area contributed by atoms with Gasteiger partial charge in [0.05, 0.1) is 6.04 Å². The Hall–Kier alpha value is -1.22. The van der Waals surface area contributed by atoms with Crippen molar-refractivity contribution in [2.45, 2.75) is 26.8 Å². The minimum Gasteiger partial charge on any atom is -0.304 e.